The number of hydrogen-bond donors (Lipinski definition) is 1. The Labute approximate surface area is 140 Å². The molecule has 0 unspecified atom stereocenters. The SMILES string of the molecule is COc1nc(Cl)nc(C(=O)Nc2ccccc2I)c1OC. The average molecular weight is 420 g/mol. The summed E-state index contributed by atoms with van der Waals surface area (Å²) >= 11 is 7.92. The summed E-state index contributed by atoms with van der Waals surface area (Å²) in [6.07, 6.45) is 0. The largest absolute Gasteiger partial charge is 0.489 e. The first-order valence-electron chi connectivity index (χ1n) is 5.78. The summed E-state index contributed by atoms with van der Waals surface area (Å²) in [5.74, 6) is -0.227. The van der Waals surface area contributed by atoms with E-state index in [1.165, 1.54) is 14.2 Å². The normalized spacial score (nSPS) is 10.1. The first-order valence-corrected chi connectivity index (χ1v) is 7.24. The highest BCUT2D eigenvalue weighted by molar-refractivity contribution is 14.1. The van der Waals surface area contributed by atoms with Gasteiger partial charge in [0.05, 0.1) is 19.9 Å². The molecule has 1 aromatic carbocycles. The van der Waals surface area contributed by atoms with Gasteiger partial charge >= 0.3 is 0 Å². The fourth-order valence-corrected chi connectivity index (χ4v) is 2.31. The Kier molecular flexibility index (Phi) is 5.18. The maximum absolute atomic E-state index is 12.4. The van der Waals surface area contributed by atoms with Gasteiger partial charge in [0.2, 0.25) is 11.0 Å². The molecule has 0 aliphatic rings. The summed E-state index contributed by atoms with van der Waals surface area (Å²) in [5.41, 5.74) is 0.674. The molecule has 0 bridgehead atoms. The molecule has 2 rings (SSSR count). The monoisotopic (exact) mass is 419 g/mol. The van der Waals surface area contributed by atoms with Gasteiger partial charge in [-0.2, -0.15) is 4.98 Å². The summed E-state index contributed by atoms with van der Waals surface area (Å²) in [7, 11) is 2.81. The number of amides is 1. The number of ether oxygens (including phenoxy) is 2. The fraction of sp³-hybridized carbons (Fsp3) is 0.154. The smallest absolute Gasteiger partial charge is 0.278 e. The molecule has 1 N–H and O–H groups in total. The molecule has 0 fully saturated rings. The lowest BCUT2D eigenvalue weighted by Crippen LogP contribution is -2.17. The van der Waals surface area contributed by atoms with Crippen molar-refractivity contribution in [3.8, 4) is 11.6 Å². The second kappa shape index (κ2) is 6.90. The van der Waals surface area contributed by atoms with Crippen LogP contribution in [0, 0.1) is 3.57 Å². The van der Waals surface area contributed by atoms with Crippen molar-refractivity contribution in [1.82, 2.24) is 9.97 Å². The van der Waals surface area contributed by atoms with Crippen LogP contribution in [0.2, 0.25) is 5.28 Å². The van der Waals surface area contributed by atoms with E-state index < -0.39 is 5.91 Å². The average Bonchev–Trinajstić information content (AvgIpc) is 2.48. The molecule has 6 nitrogen and oxygen atoms in total. The van der Waals surface area contributed by atoms with E-state index in [1.807, 2.05) is 18.2 Å². The third kappa shape index (κ3) is 3.53. The molecule has 0 saturated carbocycles. The highest BCUT2D eigenvalue weighted by atomic mass is 127. The lowest BCUT2D eigenvalue weighted by atomic mass is 10.3. The van der Waals surface area contributed by atoms with Crippen molar-refractivity contribution in [1.29, 1.82) is 0 Å². The predicted molar refractivity (Wildman–Crippen MR) is 87.3 cm³/mol. The van der Waals surface area contributed by atoms with Crippen LogP contribution >= 0.6 is 34.2 Å². The van der Waals surface area contributed by atoms with Gasteiger partial charge in [0.25, 0.3) is 11.8 Å². The number of para-hydroxylation sites is 1. The van der Waals surface area contributed by atoms with Gasteiger partial charge in [-0.1, -0.05) is 12.1 Å². The van der Waals surface area contributed by atoms with E-state index in [0.29, 0.717) is 5.69 Å². The topological polar surface area (TPSA) is 73.3 Å². The second-order valence-corrected chi connectivity index (χ2v) is 5.32. The Balaban J connectivity index is 2.39. The number of aromatic nitrogens is 2. The number of benzene rings is 1. The molecular formula is C13H11ClIN3O3. The summed E-state index contributed by atoms with van der Waals surface area (Å²) in [5, 5.41) is 2.65. The Morgan fingerprint density at radius 2 is 1.95 bits per heavy atom. The van der Waals surface area contributed by atoms with Crippen molar-refractivity contribution in [2.45, 2.75) is 0 Å². The summed E-state index contributed by atoms with van der Waals surface area (Å²) < 4.78 is 11.1. The molecule has 0 spiro atoms. The Bertz CT molecular complexity index is 682. The number of carbonyl (C=O) groups excluding carboxylic acids is 1. The van der Waals surface area contributed by atoms with E-state index in [9.17, 15) is 4.79 Å². The van der Waals surface area contributed by atoms with Gasteiger partial charge in [0, 0.05) is 3.57 Å². The molecule has 1 amide bonds. The molecule has 1 heterocycles. The third-order valence-corrected chi connectivity index (χ3v) is 3.65. The van der Waals surface area contributed by atoms with Crippen LogP contribution in [0.5, 0.6) is 11.6 Å². The number of nitrogens with zero attached hydrogens (tertiary/aromatic N) is 2. The van der Waals surface area contributed by atoms with Gasteiger partial charge in [-0.15, -0.1) is 0 Å². The first-order chi connectivity index (χ1) is 10.1. The minimum atomic E-state index is -0.460. The van der Waals surface area contributed by atoms with Gasteiger partial charge in [-0.25, -0.2) is 4.98 Å². The number of methoxy groups -OCH3 is 2. The van der Waals surface area contributed by atoms with Crippen LogP contribution in [0.4, 0.5) is 5.69 Å². The number of anilines is 1. The van der Waals surface area contributed by atoms with Gasteiger partial charge in [0.15, 0.2) is 5.69 Å². The predicted octanol–water partition coefficient (Wildman–Crippen LogP) is 3.00. The minimum absolute atomic E-state index is 0.00834. The summed E-state index contributed by atoms with van der Waals surface area (Å²) in [6.45, 7) is 0. The van der Waals surface area contributed by atoms with Crippen LogP contribution in [0.25, 0.3) is 0 Å². The number of nitrogens with one attached hydrogen (secondary N) is 1. The molecule has 21 heavy (non-hydrogen) atoms. The maximum Gasteiger partial charge on any atom is 0.278 e. The Morgan fingerprint density at radius 3 is 2.57 bits per heavy atom. The zero-order chi connectivity index (χ0) is 15.4. The molecule has 0 atom stereocenters. The zero-order valence-electron chi connectivity index (χ0n) is 11.2. The molecule has 0 aliphatic carbocycles. The van der Waals surface area contributed by atoms with Crippen LogP contribution in [-0.4, -0.2) is 30.1 Å². The van der Waals surface area contributed by atoms with Gasteiger partial charge in [-0.3, -0.25) is 4.79 Å². The van der Waals surface area contributed by atoms with Gasteiger partial charge in [-0.05, 0) is 46.3 Å². The summed E-state index contributed by atoms with van der Waals surface area (Å²) in [4.78, 5) is 20.1. The van der Waals surface area contributed by atoms with E-state index in [0.717, 1.165) is 3.57 Å². The molecule has 1 aromatic heterocycles. The van der Waals surface area contributed by atoms with Gasteiger partial charge < -0.3 is 14.8 Å². The van der Waals surface area contributed by atoms with Crippen molar-refractivity contribution in [3.63, 3.8) is 0 Å². The lowest BCUT2D eigenvalue weighted by Gasteiger charge is -2.12. The van der Waals surface area contributed by atoms with Crippen LogP contribution in [0.15, 0.2) is 24.3 Å². The molecule has 0 aliphatic heterocycles. The maximum atomic E-state index is 12.4. The van der Waals surface area contributed by atoms with Crippen LogP contribution in [-0.2, 0) is 0 Å². The Hall–Kier alpha value is -1.61. The van der Waals surface area contributed by atoms with Crippen LogP contribution in [0.3, 0.4) is 0 Å². The van der Waals surface area contributed by atoms with E-state index >= 15 is 0 Å². The number of rotatable bonds is 4. The van der Waals surface area contributed by atoms with E-state index in [-0.39, 0.29) is 22.6 Å². The Morgan fingerprint density at radius 1 is 1.24 bits per heavy atom. The van der Waals surface area contributed by atoms with E-state index in [1.54, 1.807) is 6.07 Å². The van der Waals surface area contributed by atoms with Crippen molar-refractivity contribution in [2.24, 2.45) is 0 Å². The number of carbonyl (C=O) groups is 1. The van der Waals surface area contributed by atoms with Crippen molar-refractivity contribution < 1.29 is 14.3 Å². The first kappa shape index (κ1) is 15.8. The minimum Gasteiger partial charge on any atom is -0.489 e. The van der Waals surface area contributed by atoms with Crippen LogP contribution < -0.4 is 14.8 Å². The van der Waals surface area contributed by atoms with E-state index in [2.05, 4.69) is 37.9 Å². The number of hydrogen-bond acceptors (Lipinski definition) is 5. The molecule has 8 heteroatoms. The van der Waals surface area contributed by atoms with Crippen molar-refractivity contribution in [2.75, 3.05) is 19.5 Å². The molecule has 0 saturated heterocycles. The molecule has 2 aromatic rings. The standard InChI is InChI=1S/C13H11ClIN3O3/c1-20-10-9(17-13(14)18-12(10)21-2)11(19)16-8-6-4-3-5-7(8)15/h3-6H,1-2H3,(H,16,19). The lowest BCUT2D eigenvalue weighted by molar-refractivity contribution is 0.101. The third-order valence-electron chi connectivity index (χ3n) is 2.54. The molecular weight excluding hydrogens is 409 g/mol. The quantitative estimate of drug-likeness (QED) is 0.609. The van der Waals surface area contributed by atoms with Crippen molar-refractivity contribution >= 4 is 45.8 Å². The molecule has 0 radical (unpaired) electrons. The van der Waals surface area contributed by atoms with Crippen LogP contribution in [0.1, 0.15) is 10.5 Å². The zero-order valence-corrected chi connectivity index (χ0v) is 14.1. The highest BCUT2D eigenvalue weighted by Gasteiger charge is 2.22. The number of halogens is 2. The van der Waals surface area contributed by atoms with Crippen molar-refractivity contribution in [3.05, 3.63) is 38.8 Å². The van der Waals surface area contributed by atoms with E-state index in [4.69, 9.17) is 21.1 Å². The highest BCUT2D eigenvalue weighted by Crippen LogP contribution is 2.30. The van der Waals surface area contributed by atoms with Gasteiger partial charge in [0.1, 0.15) is 0 Å². The fourth-order valence-electron chi connectivity index (χ4n) is 1.62. The summed E-state index contributed by atoms with van der Waals surface area (Å²) in [6, 6.07) is 7.36. The second-order valence-electron chi connectivity index (χ2n) is 3.82. The molecule has 110 valence electrons.